The topological polar surface area (TPSA) is 94.6 Å². The molecule has 1 heterocycles. The van der Waals surface area contributed by atoms with Crippen molar-refractivity contribution >= 4 is 34.2 Å². The van der Waals surface area contributed by atoms with Crippen LogP contribution in [0, 0.1) is 0 Å². The summed E-state index contributed by atoms with van der Waals surface area (Å²) in [5.41, 5.74) is 15.9. The first-order valence-corrected chi connectivity index (χ1v) is 8.42. The Balaban J connectivity index is 1.64. The molecule has 0 radical (unpaired) electrons. The highest BCUT2D eigenvalue weighted by molar-refractivity contribution is 5.90. The molecular weight excluding hydrogens is 338 g/mol. The molecule has 0 bridgehead atoms. The van der Waals surface area contributed by atoms with Crippen LogP contribution in [0.4, 0.5) is 17.1 Å². The molecule has 0 spiro atoms. The fraction of sp³-hybridized carbons (Fsp3) is 0. The predicted octanol–water partition coefficient (Wildman–Crippen LogP) is 4.38. The quantitative estimate of drug-likeness (QED) is 0.324. The van der Waals surface area contributed by atoms with Crippen LogP contribution in [0.15, 0.2) is 87.0 Å². The molecule has 4 rings (SSSR count). The molecule has 0 aliphatic heterocycles. The van der Waals surface area contributed by atoms with Crippen LogP contribution < -0.4 is 17.1 Å². The second-order valence-corrected chi connectivity index (χ2v) is 6.18. The van der Waals surface area contributed by atoms with Crippen LogP contribution in [0.3, 0.4) is 0 Å². The van der Waals surface area contributed by atoms with Gasteiger partial charge in [0, 0.05) is 28.5 Å². The van der Waals surface area contributed by atoms with Crippen molar-refractivity contribution in [3.8, 4) is 11.1 Å². The smallest absolute Gasteiger partial charge is 0.344 e. The molecule has 4 N–H and O–H groups in total. The largest absolute Gasteiger partial charge is 0.422 e. The van der Waals surface area contributed by atoms with E-state index in [4.69, 9.17) is 15.9 Å². The Morgan fingerprint density at radius 2 is 1.67 bits per heavy atom. The van der Waals surface area contributed by atoms with Gasteiger partial charge in [-0.3, -0.25) is 4.99 Å². The third kappa shape index (κ3) is 3.43. The summed E-state index contributed by atoms with van der Waals surface area (Å²) < 4.78 is 5.40. The van der Waals surface area contributed by atoms with Gasteiger partial charge in [-0.05, 0) is 48.0 Å². The van der Waals surface area contributed by atoms with Crippen LogP contribution in [0.2, 0.25) is 0 Å². The number of benzene rings is 3. The maximum Gasteiger partial charge on any atom is 0.344 e. The van der Waals surface area contributed by atoms with E-state index in [0.717, 1.165) is 22.2 Å². The number of fused-ring (bicyclic) bond motifs is 1. The summed E-state index contributed by atoms with van der Waals surface area (Å²) in [5.74, 6) is 0. The number of hydrogen-bond donors (Lipinski definition) is 2. The Bertz CT molecular complexity index is 1210. The van der Waals surface area contributed by atoms with Gasteiger partial charge in [0.1, 0.15) is 5.58 Å². The van der Waals surface area contributed by atoms with Crippen LogP contribution >= 0.6 is 0 Å². The van der Waals surface area contributed by atoms with Crippen molar-refractivity contribution in [2.75, 3.05) is 11.5 Å². The summed E-state index contributed by atoms with van der Waals surface area (Å²) in [7, 11) is 0. The van der Waals surface area contributed by atoms with Gasteiger partial charge in [0.15, 0.2) is 0 Å². The molecule has 4 aromatic rings. The zero-order valence-electron chi connectivity index (χ0n) is 14.4. The molecular formula is C22H17N3O2. The van der Waals surface area contributed by atoms with Gasteiger partial charge in [-0.1, -0.05) is 30.3 Å². The van der Waals surface area contributed by atoms with Gasteiger partial charge in [0.05, 0.1) is 11.3 Å². The first kappa shape index (κ1) is 16.6. The summed E-state index contributed by atoms with van der Waals surface area (Å²) in [6.45, 7) is 0. The average molecular weight is 355 g/mol. The Hall–Kier alpha value is -3.86. The second kappa shape index (κ2) is 6.80. The lowest BCUT2D eigenvalue weighted by atomic mass is 10.1. The van der Waals surface area contributed by atoms with Crippen LogP contribution in [0.1, 0.15) is 5.56 Å². The number of rotatable bonds is 3. The fourth-order valence-corrected chi connectivity index (χ4v) is 2.84. The van der Waals surface area contributed by atoms with E-state index >= 15 is 0 Å². The maximum atomic E-state index is 12.3. The van der Waals surface area contributed by atoms with E-state index in [1.807, 2.05) is 48.5 Å². The predicted molar refractivity (Wildman–Crippen MR) is 110 cm³/mol. The first-order chi connectivity index (χ1) is 13.1. The van der Waals surface area contributed by atoms with E-state index in [1.165, 1.54) is 0 Å². The highest BCUT2D eigenvalue weighted by Gasteiger charge is 2.07. The lowest BCUT2D eigenvalue weighted by molar-refractivity contribution is 0.563. The molecule has 27 heavy (non-hydrogen) atoms. The zero-order valence-corrected chi connectivity index (χ0v) is 14.4. The number of para-hydroxylation sites is 1. The lowest BCUT2D eigenvalue weighted by Gasteiger charge is -2.04. The highest BCUT2D eigenvalue weighted by Crippen LogP contribution is 2.24. The molecule has 0 aliphatic carbocycles. The average Bonchev–Trinajstić information content (AvgIpc) is 2.68. The van der Waals surface area contributed by atoms with Gasteiger partial charge >= 0.3 is 5.63 Å². The standard InChI is InChI=1S/C22H17N3O2/c23-17-7-10-20(24)16(11-17)13-25-18-8-5-14(6-9-18)19-12-15-3-1-2-4-21(15)27-22(19)26/h1-13H,23-24H2. The molecule has 3 aromatic carbocycles. The zero-order chi connectivity index (χ0) is 18.8. The van der Waals surface area contributed by atoms with Crippen molar-refractivity contribution in [2.24, 2.45) is 4.99 Å². The van der Waals surface area contributed by atoms with Gasteiger partial charge < -0.3 is 15.9 Å². The molecule has 1 aromatic heterocycles. The van der Waals surface area contributed by atoms with Crippen molar-refractivity contribution < 1.29 is 4.42 Å². The number of anilines is 2. The molecule has 0 unspecified atom stereocenters. The first-order valence-electron chi connectivity index (χ1n) is 8.42. The molecule has 0 aliphatic rings. The molecule has 0 amide bonds. The minimum absolute atomic E-state index is 0.363. The molecule has 0 atom stereocenters. The van der Waals surface area contributed by atoms with Gasteiger partial charge in [0.2, 0.25) is 0 Å². The van der Waals surface area contributed by atoms with Crippen LogP contribution in [0.5, 0.6) is 0 Å². The Kier molecular flexibility index (Phi) is 4.18. The van der Waals surface area contributed by atoms with Gasteiger partial charge in [0.25, 0.3) is 0 Å². The van der Waals surface area contributed by atoms with Crippen molar-refractivity contribution in [2.45, 2.75) is 0 Å². The number of nitrogens with two attached hydrogens (primary N) is 2. The van der Waals surface area contributed by atoms with E-state index in [2.05, 4.69) is 4.99 Å². The van der Waals surface area contributed by atoms with Crippen LogP contribution in [-0.2, 0) is 0 Å². The summed E-state index contributed by atoms with van der Waals surface area (Å²) in [6, 6.07) is 21.9. The monoisotopic (exact) mass is 355 g/mol. The lowest BCUT2D eigenvalue weighted by Crippen LogP contribution is -2.02. The third-order valence-corrected chi connectivity index (χ3v) is 4.28. The third-order valence-electron chi connectivity index (χ3n) is 4.28. The van der Waals surface area contributed by atoms with Crippen LogP contribution in [0.25, 0.3) is 22.1 Å². The summed E-state index contributed by atoms with van der Waals surface area (Å²) in [5, 5.41) is 0.881. The number of hydrogen-bond acceptors (Lipinski definition) is 5. The minimum Gasteiger partial charge on any atom is -0.422 e. The summed E-state index contributed by atoms with van der Waals surface area (Å²) in [6.07, 6.45) is 1.67. The Labute approximate surface area is 155 Å². The number of aliphatic imine (C=N–C) groups is 1. The van der Waals surface area contributed by atoms with E-state index in [0.29, 0.717) is 22.5 Å². The second-order valence-electron chi connectivity index (χ2n) is 6.18. The van der Waals surface area contributed by atoms with Gasteiger partial charge in [-0.2, -0.15) is 0 Å². The number of nitrogens with zero attached hydrogens (tertiary/aromatic N) is 1. The van der Waals surface area contributed by atoms with E-state index in [9.17, 15) is 4.79 Å². The van der Waals surface area contributed by atoms with E-state index < -0.39 is 0 Å². The van der Waals surface area contributed by atoms with E-state index in [1.54, 1.807) is 30.5 Å². The van der Waals surface area contributed by atoms with Crippen molar-refractivity contribution in [1.29, 1.82) is 0 Å². The van der Waals surface area contributed by atoms with Gasteiger partial charge in [-0.25, -0.2) is 4.79 Å². The van der Waals surface area contributed by atoms with E-state index in [-0.39, 0.29) is 5.63 Å². The summed E-state index contributed by atoms with van der Waals surface area (Å²) in [4.78, 5) is 16.7. The molecule has 0 fully saturated rings. The van der Waals surface area contributed by atoms with Crippen LogP contribution in [-0.4, -0.2) is 6.21 Å². The van der Waals surface area contributed by atoms with Gasteiger partial charge in [-0.15, -0.1) is 0 Å². The van der Waals surface area contributed by atoms with Crippen molar-refractivity contribution in [1.82, 2.24) is 0 Å². The minimum atomic E-state index is -0.363. The fourth-order valence-electron chi connectivity index (χ4n) is 2.84. The Morgan fingerprint density at radius 1 is 0.889 bits per heavy atom. The Morgan fingerprint density at radius 3 is 2.48 bits per heavy atom. The SMILES string of the molecule is Nc1ccc(N)c(C=Nc2ccc(-c3cc4ccccc4oc3=O)cc2)c1. The van der Waals surface area contributed by atoms with Crippen molar-refractivity contribution in [3.05, 3.63) is 88.8 Å². The molecule has 132 valence electrons. The molecule has 0 saturated heterocycles. The molecule has 5 nitrogen and oxygen atoms in total. The normalized spacial score (nSPS) is 11.3. The van der Waals surface area contributed by atoms with Crippen molar-refractivity contribution in [3.63, 3.8) is 0 Å². The molecule has 0 saturated carbocycles. The maximum absolute atomic E-state index is 12.3. The highest BCUT2D eigenvalue weighted by atomic mass is 16.4. The number of nitrogen functional groups attached to an aromatic ring is 2. The molecule has 5 heteroatoms. The summed E-state index contributed by atoms with van der Waals surface area (Å²) >= 11 is 0.